The molecule has 0 amide bonds. The summed E-state index contributed by atoms with van der Waals surface area (Å²) in [6.07, 6.45) is 0. The zero-order valence-electron chi connectivity index (χ0n) is 6.03. The van der Waals surface area contributed by atoms with E-state index in [0.717, 1.165) is 0 Å². The lowest BCUT2D eigenvalue weighted by molar-refractivity contribution is 0.0247. The minimum Gasteiger partial charge on any atom is -0.200 e. The Hall–Kier alpha value is -0.150. The third kappa shape index (κ3) is 1.96. The van der Waals surface area contributed by atoms with Crippen molar-refractivity contribution in [3.05, 3.63) is 34.9 Å². The molecule has 0 N–H and O–H groups in total. The molecular weight excluding hydrogens is 249 g/mol. The van der Waals surface area contributed by atoms with Crippen molar-refractivity contribution >= 4 is 27.5 Å². The SMILES string of the molecule is FC(F)(CBr)c1ccccc1Cl. The lowest BCUT2D eigenvalue weighted by Crippen LogP contribution is -2.15. The molecule has 0 nitrogen and oxygen atoms in total. The average Bonchev–Trinajstić information content (AvgIpc) is 2.05. The Morgan fingerprint density at radius 1 is 1.33 bits per heavy atom. The van der Waals surface area contributed by atoms with Crippen LogP contribution in [-0.2, 0) is 5.92 Å². The molecule has 0 aliphatic heterocycles. The van der Waals surface area contributed by atoms with Gasteiger partial charge in [-0.2, -0.15) is 0 Å². The van der Waals surface area contributed by atoms with Crippen molar-refractivity contribution < 1.29 is 8.78 Å². The van der Waals surface area contributed by atoms with Crippen LogP contribution in [-0.4, -0.2) is 5.33 Å². The molecule has 1 aromatic rings. The second kappa shape index (κ2) is 3.71. The third-order valence-corrected chi connectivity index (χ3v) is 2.47. The molecule has 66 valence electrons. The topological polar surface area (TPSA) is 0 Å². The smallest absolute Gasteiger partial charge is 0.200 e. The molecule has 0 bridgehead atoms. The van der Waals surface area contributed by atoms with E-state index in [4.69, 9.17) is 11.6 Å². The second-order valence-corrected chi connectivity index (χ2v) is 3.29. The van der Waals surface area contributed by atoms with Gasteiger partial charge in [0.05, 0.1) is 5.33 Å². The van der Waals surface area contributed by atoms with E-state index in [1.54, 1.807) is 6.07 Å². The van der Waals surface area contributed by atoms with Gasteiger partial charge in [0.2, 0.25) is 0 Å². The zero-order valence-corrected chi connectivity index (χ0v) is 8.37. The van der Waals surface area contributed by atoms with Gasteiger partial charge in [0.25, 0.3) is 5.92 Å². The summed E-state index contributed by atoms with van der Waals surface area (Å²) in [6.45, 7) is 0. The van der Waals surface area contributed by atoms with Gasteiger partial charge < -0.3 is 0 Å². The van der Waals surface area contributed by atoms with Gasteiger partial charge in [-0.15, -0.1) is 0 Å². The highest BCUT2D eigenvalue weighted by Gasteiger charge is 2.31. The van der Waals surface area contributed by atoms with E-state index in [1.807, 2.05) is 0 Å². The summed E-state index contributed by atoms with van der Waals surface area (Å²) in [5, 5.41) is -0.314. The van der Waals surface area contributed by atoms with Gasteiger partial charge in [0.15, 0.2) is 0 Å². The van der Waals surface area contributed by atoms with Gasteiger partial charge in [0.1, 0.15) is 0 Å². The minimum atomic E-state index is -2.89. The van der Waals surface area contributed by atoms with Crippen LogP contribution in [0.2, 0.25) is 5.02 Å². The highest BCUT2D eigenvalue weighted by atomic mass is 79.9. The summed E-state index contributed by atoms with van der Waals surface area (Å²) < 4.78 is 26.0. The summed E-state index contributed by atoms with van der Waals surface area (Å²) in [4.78, 5) is 0. The molecule has 0 aliphatic rings. The molecule has 0 saturated carbocycles. The molecule has 0 spiro atoms. The Morgan fingerprint density at radius 2 is 1.92 bits per heavy atom. The normalized spacial score (nSPS) is 11.7. The minimum absolute atomic E-state index is 0.0990. The van der Waals surface area contributed by atoms with E-state index in [9.17, 15) is 8.78 Å². The van der Waals surface area contributed by atoms with Gasteiger partial charge in [-0.25, -0.2) is 8.78 Å². The lowest BCUT2D eigenvalue weighted by Gasteiger charge is -2.14. The van der Waals surface area contributed by atoms with Crippen molar-refractivity contribution in [2.24, 2.45) is 0 Å². The molecule has 0 atom stereocenters. The molecule has 12 heavy (non-hydrogen) atoms. The van der Waals surface area contributed by atoms with Crippen LogP contribution in [0.25, 0.3) is 0 Å². The summed E-state index contributed by atoms with van der Waals surface area (Å²) >= 11 is 8.32. The molecule has 1 aromatic carbocycles. The zero-order chi connectivity index (χ0) is 9.19. The number of benzene rings is 1. The highest BCUT2D eigenvalue weighted by Crippen LogP contribution is 2.34. The summed E-state index contributed by atoms with van der Waals surface area (Å²) in [7, 11) is 0. The molecule has 0 saturated heterocycles. The van der Waals surface area contributed by atoms with Crippen molar-refractivity contribution in [1.82, 2.24) is 0 Å². The van der Waals surface area contributed by atoms with Crippen LogP contribution in [0.1, 0.15) is 5.56 Å². The Balaban J connectivity index is 3.10. The maximum atomic E-state index is 13.0. The van der Waals surface area contributed by atoms with Crippen LogP contribution in [0.15, 0.2) is 24.3 Å². The van der Waals surface area contributed by atoms with Crippen LogP contribution in [0, 0.1) is 0 Å². The van der Waals surface area contributed by atoms with E-state index in [1.165, 1.54) is 18.2 Å². The summed E-state index contributed by atoms with van der Waals surface area (Å²) in [5.41, 5.74) is -0.136. The Bertz CT molecular complexity index is 276. The molecule has 0 unspecified atom stereocenters. The van der Waals surface area contributed by atoms with E-state index in [-0.39, 0.29) is 10.6 Å². The molecular formula is C8H6BrClF2. The largest absolute Gasteiger partial charge is 0.284 e. The quantitative estimate of drug-likeness (QED) is 0.705. The summed E-state index contributed by atoms with van der Waals surface area (Å²) in [5.74, 6) is -2.89. The molecule has 0 aliphatic carbocycles. The van der Waals surface area contributed by atoms with Crippen LogP contribution in [0.5, 0.6) is 0 Å². The molecule has 4 heteroatoms. The van der Waals surface area contributed by atoms with Gasteiger partial charge >= 0.3 is 0 Å². The van der Waals surface area contributed by atoms with Crippen molar-refractivity contribution in [2.75, 3.05) is 5.33 Å². The third-order valence-electron chi connectivity index (χ3n) is 1.44. The number of halogens is 4. The number of alkyl halides is 3. The monoisotopic (exact) mass is 254 g/mol. The molecule has 0 radical (unpaired) electrons. The Kier molecular flexibility index (Phi) is 3.07. The maximum Gasteiger partial charge on any atom is 0.284 e. The fourth-order valence-corrected chi connectivity index (χ4v) is 1.41. The Morgan fingerprint density at radius 3 is 2.42 bits per heavy atom. The van der Waals surface area contributed by atoms with E-state index >= 15 is 0 Å². The number of rotatable bonds is 2. The maximum absolute atomic E-state index is 13.0. The van der Waals surface area contributed by atoms with Gasteiger partial charge in [0, 0.05) is 10.6 Å². The van der Waals surface area contributed by atoms with Crippen molar-refractivity contribution in [2.45, 2.75) is 5.92 Å². The van der Waals surface area contributed by atoms with Crippen molar-refractivity contribution in [3.63, 3.8) is 0 Å². The van der Waals surface area contributed by atoms with Crippen LogP contribution < -0.4 is 0 Å². The number of hydrogen-bond donors (Lipinski definition) is 0. The van der Waals surface area contributed by atoms with Crippen LogP contribution >= 0.6 is 27.5 Å². The highest BCUT2D eigenvalue weighted by molar-refractivity contribution is 9.09. The fraction of sp³-hybridized carbons (Fsp3) is 0.250. The summed E-state index contributed by atoms with van der Waals surface area (Å²) in [6, 6.07) is 5.94. The predicted octanol–water partition coefficient (Wildman–Crippen LogP) is 3.83. The molecule has 0 fully saturated rings. The Labute approximate surface area is 82.7 Å². The van der Waals surface area contributed by atoms with E-state index < -0.39 is 11.3 Å². The van der Waals surface area contributed by atoms with Crippen molar-refractivity contribution in [3.8, 4) is 0 Å². The first-order chi connectivity index (χ1) is 5.58. The predicted molar refractivity (Wildman–Crippen MR) is 49.1 cm³/mol. The van der Waals surface area contributed by atoms with Gasteiger partial charge in [-0.05, 0) is 6.07 Å². The molecule has 0 aromatic heterocycles. The standard InChI is InChI=1S/C8H6BrClF2/c9-5-8(11,12)6-3-1-2-4-7(6)10/h1-4H,5H2. The fourth-order valence-electron chi connectivity index (χ4n) is 0.830. The average molecular weight is 255 g/mol. The first-order valence-corrected chi connectivity index (χ1v) is 4.76. The van der Waals surface area contributed by atoms with E-state index in [2.05, 4.69) is 15.9 Å². The van der Waals surface area contributed by atoms with Crippen molar-refractivity contribution in [1.29, 1.82) is 0 Å². The van der Waals surface area contributed by atoms with Gasteiger partial charge in [-0.3, -0.25) is 0 Å². The second-order valence-electron chi connectivity index (χ2n) is 2.32. The molecule has 1 rings (SSSR count). The van der Waals surface area contributed by atoms with E-state index in [0.29, 0.717) is 0 Å². The first-order valence-electron chi connectivity index (χ1n) is 3.27. The van der Waals surface area contributed by atoms with Gasteiger partial charge in [-0.1, -0.05) is 45.7 Å². The van der Waals surface area contributed by atoms with Crippen LogP contribution in [0.3, 0.4) is 0 Å². The first kappa shape index (κ1) is 9.93. The number of hydrogen-bond acceptors (Lipinski definition) is 0. The molecule has 0 heterocycles. The van der Waals surface area contributed by atoms with Crippen LogP contribution in [0.4, 0.5) is 8.78 Å². The lowest BCUT2D eigenvalue weighted by atomic mass is 10.1.